The molecule has 0 saturated heterocycles. The Labute approximate surface area is 160 Å². The van der Waals surface area contributed by atoms with Gasteiger partial charge < -0.3 is 16.4 Å². The fourth-order valence-electron chi connectivity index (χ4n) is 2.80. The molecule has 0 aliphatic heterocycles. The summed E-state index contributed by atoms with van der Waals surface area (Å²) in [7, 11) is 0. The predicted octanol–water partition coefficient (Wildman–Crippen LogP) is 1.97. The van der Waals surface area contributed by atoms with Crippen molar-refractivity contribution in [3.63, 3.8) is 0 Å². The van der Waals surface area contributed by atoms with Crippen molar-refractivity contribution >= 4 is 28.3 Å². The van der Waals surface area contributed by atoms with Gasteiger partial charge in [0.2, 0.25) is 11.4 Å². The monoisotopic (exact) mass is 384 g/mol. The zero-order valence-electron chi connectivity index (χ0n) is 15.0. The quantitative estimate of drug-likeness (QED) is 0.374. The van der Waals surface area contributed by atoms with E-state index in [2.05, 4.69) is 25.6 Å². The molecule has 0 bridgehead atoms. The number of nitro groups is 1. The molecule has 10 heteroatoms. The summed E-state index contributed by atoms with van der Waals surface area (Å²) in [5.74, 6) is -0.208. The molecule has 2 aromatic carbocycles. The zero-order valence-corrected chi connectivity index (χ0v) is 15.0. The number of fused-ring (bicyclic) bond motifs is 1. The van der Waals surface area contributed by atoms with E-state index in [-0.39, 0.29) is 22.6 Å². The van der Waals surface area contributed by atoms with E-state index in [9.17, 15) is 14.9 Å². The van der Waals surface area contributed by atoms with E-state index in [1.54, 1.807) is 0 Å². The summed E-state index contributed by atoms with van der Waals surface area (Å²) >= 11 is 0. The third-order valence-electron chi connectivity index (χ3n) is 4.24. The minimum absolute atomic E-state index is 0.0252. The van der Waals surface area contributed by atoms with Gasteiger partial charge in [-0.1, -0.05) is 30.3 Å². The number of nitrogens with two attached hydrogens (primary N) is 1. The Balaban J connectivity index is 1.78. The first-order valence-corrected chi connectivity index (χ1v) is 8.78. The standard InChI is InChI=1S/C18H20N6O4/c19-10-4-7-14(18(25)20-11-12-5-2-1-3-6-12)21-13-8-9-15(24(26)27)17-16(13)22-28-23-17/h1-3,5-6,8-9,14,21H,4,7,10-11,19H2,(H,20,25)/t14-/m0/s1. The number of benzene rings is 2. The third-order valence-corrected chi connectivity index (χ3v) is 4.24. The van der Waals surface area contributed by atoms with Gasteiger partial charge in [-0.2, -0.15) is 0 Å². The highest BCUT2D eigenvalue weighted by atomic mass is 16.6. The number of carbonyl (C=O) groups is 1. The van der Waals surface area contributed by atoms with E-state index in [4.69, 9.17) is 5.73 Å². The molecule has 1 aromatic heterocycles. The molecule has 0 fully saturated rings. The smallest absolute Gasteiger partial charge is 0.300 e. The lowest BCUT2D eigenvalue weighted by Gasteiger charge is -2.19. The summed E-state index contributed by atoms with van der Waals surface area (Å²) in [6.45, 7) is 0.826. The van der Waals surface area contributed by atoms with Crippen molar-refractivity contribution in [1.29, 1.82) is 0 Å². The SMILES string of the molecule is NCCC[C@H](Nc1ccc([N+](=O)[O-])c2nonc12)C(=O)NCc1ccccc1. The predicted molar refractivity (Wildman–Crippen MR) is 102 cm³/mol. The van der Waals surface area contributed by atoms with E-state index in [1.165, 1.54) is 12.1 Å². The number of hydrogen-bond donors (Lipinski definition) is 3. The lowest BCUT2D eigenvalue weighted by molar-refractivity contribution is -0.383. The Bertz CT molecular complexity index is 959. The summed E-state index contributed by atoms with van der Waals surface area (Å²) in [6, 6.07) is 11.7. The van der Waals surface area contributed by atoms with Crippen LogP contribution in [0.15, 0.2) is 47.1 Å². The third kappa shape index (κ3) is 4.41. The van der Waals surface area contributed by atoms with Crippen LogP contribution in [0.1, 0.15) is 18.4 Å². The minimum Gasteiger partial charge on any atom is -0.372 e. The average Bonchev–Trinajstić information content (AvgIpc) is 3.20. The summed E-state index contributed by atoms with van der Waals surface area (Å²) in [5, 5.41) is 24.4. The molecule has 10 nitrogen and oxygen atoms in total. The van der Waals surface area contributed by atoms with Crippen LogP contribution in [-0.2, 0) is 11.3 Å². The second-order valence-corrected chi connectivity index (χ2v) is 6.18. The molecule has 0 saturated carbocycles. The van der Waals surface area contributed by atoms with Gasteiger partial charge in [0.15, 0.2) is 5.52 Å². The highest BCUT2D eigenvalue weighted by Crippen LogP contribution is 2.29. The van der Waals surface area contributed by atoms with Gasteiger partial charge in [-0.3, -0.25) is 14.9 Å². The minimum atomic E-state index is -0.589. The maximum absolute atomic E-state index is 12.7. The number of amides is 1. The Morgan fingerprint density at radius 1 is 1.18 bits per heavy atom. The van der Waals surface area contributed by atoms with Crippen molar-refractivity contribution in [3.8, 4) is 0 Å². The largest absolute Gasteiger partial charge is 0.372 e. The first-order chi connectivity index (χ1) is 13.6. The molecule has 4 N–H and O–H groups in total. The summed E-state index contributed by atoms with van der Waals surface area (Å²) < 4.78 is 4.66. The van der Waals surface area contributed by atoms with E-state index < -0.39 is 11.0 Å². The van der Waals surface area contributed by atoms with Crippen LogP contribution in [0, 0.1) is 10.1 Å². The van der Waals surface area contributed by atoms with E-state index in [0.717, 1.165) is 5.56 Å². The van der Waals surface area contributed by atoms with Gasteiger partial charge in [0, 0.05) is 12.6 Å². The highest BCUT2D eigenvalue weighted by molar-refractivity contribution is 5.95. The van der Waals surface area contributed by atoms with Gasteiger partial charge in [-0.05, 0) is 41.3 Å². The Morgan fingerprint density at radius 2 is 1.93 bits per heavy atom. The van der Waals surface area contributed by atoms with Crippen LogP contribution in [0.2, 0.25) is 0 Å². The molecule has 3 aromatic rings. The number of hydrogen-bond acceptors (Lipinski definition) is 8. The van der Waals surface area contributed by atoms with Crippen molar-refractivity contribution in [1.82, 2.24) is 15.6 Å². The molecule has 0 unspecified atom stereocenters. The first kappa shape index (κ1) is 19.2. The van der Waals surface area contributed by atoms with Crippen LogP contribution in [0.25, 0.3) is 11.0 Å². The molecule has 1 atom stereocenters. The van der Waals surface area contributed by atoms with Gasteiger partial charge in [0.1, 0.15) is 6.04 Å². The molecule has 0 aliphatic rings. The van der Waals surface area contributed by atoms with Crippen molar-refractivity contribution in [2.24, 2.45) is 5.73 Å². The van der Waals surface area contributed by atoms with Gasteiger partial charge in [0.25, 0.3) is 0 Å². The lowest BCUT2D eigenvalue weighted by atomic mass is 10.1. The van der Waals surface area contributed by atoms with Crippen molar-refractivity contribution in [3.05, 3.63) is 58.1 Å². The molecule has 0 spiro atoms. The summed E-state index contributed by atoms with van der Waals surface area (Å²) in [4.78, 5) is 23.2. The molecule has 1 amide bonds. The van der Waals surface area contributed by atoms with Crippen molar-refractivity contribution < 1.29 is 14.3 Å². The van der Waals surface area contributed by atoms with E-state index in [0.29, 0.717) is 31.6 Å². The van der Waals surface area contributed by atoms with Crippen LogP contribution in [-0.4, -0.2) is 33.7 Å². The van der Waals surface area contributed by atoms with Crippen LogP contribution < -0.4 is 16.4 Å². The molecule has 0 aliphatic carbocycles. The molecular formula is C18H20N6O4. The normalized spacial score (nSPS) is 11.9. The Hall–Kier alpha value is -3.53. The van der Waals surface area contributed by atoms with Crippen molar-refractivity contribution in [2.75, 3.05) is 11.9 Å². The fourth-order valence-corrected chi connectivity index (χ4v) is 2.80. The first-order valence-electron chi connectivity index (χ1n) is 8.78. The Kier molecular flexibility index (Phi) is 6.12. The fraction of sp³-hybridized carbons (Fsp3) is 0.278. The average molecular weight is 384 g/mol. The second-order valence-electron chi connectivity index (χ2n) is 6.18. The van der Waals surface area contributed by atoms with E-state index in [1.807, 2.05) is 30.3 Å². The lowest BCUT2D eigenvalue weighted by Crippen LogP contribution is -2.39. The van der Waals surface area contributed by atoms with Crippen LogP contribution in [0.5, 0.6) is 0 Å². The highest BCUT2D eigenvalue weighted by Gasteiger charge is 2.23. The topological polar surface area (TPSA) is 149 Å². The number of carbonyl (C=O) groups excluding carboxylic acids is 1. The number of rotatable bonds is 9. The van der Waals surface area contributed by atoms with Gasteiger partial charge in [0.05, 0.1) is 10.6 Å². The molecule has 0 radical (unpaired) electrons. The molecule has 28 heavy (non-hydrogen) atoms. The number of anilines is 1. The number of non-ortho nitro benzene ring substituents is 1. The van der Waals surface area contributed by atoms with Crippen LogP contribution in [0.4, 0.5) is 11.4 Å². The molecular weight excluding hydrogens is 364 g/mol. The number of nitro benzene ring substituents is 1. The molecule has 3 rings (SSSR count). The zero-order chi connectivity index (χ0) is 19.9. The molecule has 146 valence electrons. The number of aromatic nitrogens is 2. The van der Waals surface area contributed by atoms with Gasteiger partial charge >= 0.3 is 5.69 Å². The van der Waals surface area contributed by atoms with Crippen LogP contribution >= 0.6 is 0 Å². The van der Waals surface area contributed by atoms with Crippen LogP contribution in [0.3, 0.4) is 0 Å². The number of nitrogens with zero attached hydrogens (tertiary/aromatic N) is 3. The number of nitrogens with one attached hydrogen (secondary N) is 2. The van der Waals surface area contributed by atoms with Crippen molar-refractivity contribution in [2.45, 2.75) is 25.4 Å². The summed E-state index contributed by atoms with van der Waals surface area (Å²) in [6.07, 6.45) is 1.12. The van der Waals surface area contributed by atoms with E-state index >= 15 is 0 Å². The van der Waals surface area contributed by atoms with Gasteiger partial charge in [-0.15, -0.1) is 0 Å². The maximum Gasteiger partial charge on any atom is 0.300 e. The maximum atomic E-state index is 12.7. The van der Waals surface area contributed by atoms with Gasteiger partial charge in [-0.25, -0.2) is 4.63 Å². The Morgan fingerprint density at radius 3 is 2.64 bits per heavy atom. The second kappa shape index (κ2) is 8.91. The summed E-state index contributed by atoms with van der Waals surface area (Å²) in [5.41, 5.74) is 7.01. The molecule has 1 heterocycles.